The SMILES string of the molecule is CC(=N)CCC(O)CC(=O)NC1C(=O)CC(C(C)C)C(=O)NC(C(C)C)C(=O)NC(C(C)O)C(=O)NC(CC(N)=O)C(=O)NC(C)C(=O)OC1C. The number of nitrogens with one attached hydrogen (secondary N) is 6. The Balaban J connectivity index is 3.66. The van der Waals surface area contributed by atoms with E-state index < -0.39 is 133 Å². The number of rotatable bonds is 11. The first-order valence-electron chi connectivity index (χ1n) is 17.0. The molecule has 9 unspecified atom stereocenters. The molecule has 9 atom stereocenters. The number of amides is 6. The first kappa shape index (κ1) is 44.6. The van der Waals surface area contributed by atoms with E-state index in [1.165, 1.54) is 20.8 Å². The standard InChI is InChI=1S/C33H55N7O11/c1-14(2)21-12-23(43)28(38-25(45)11-20(42)10-9-16(5)34)19(8)51-33(50)17(6)36-30(47)22(13-24(35)44)37-32(49)27(18(7)41)40-31(48)26(15(3)4)39-29(21)46/h14-15,17-22,26-28,34,41-42H,9-13H2,1-8H3,(H2,35,44)(H,36,47)(H,37,49)(H,38,45)(H,39,46)(H,40,48). The highest BCUT2D eigenvalue weighted by molar-refractivity contribution is 5.98. The molecule has 1 fully saturated rings. The first-order valence-corrected chi connectivity index (χ1v) is 17.0. The largest absolute Gasteiger partial charge is 0.458 e. The van der Waals surface area contributed by atoms with E-state index in [9.17, 15) is 48.6 Å². The van der Waals surface area contributed by atoms with Crippen LogP contribution in [0.4, 0.5) is 0 Å². The molecule has 10 N–H and O–H groups in total. The fourth-order valence-electron chi connectivity index (χ4n) is 5.21. The number of primary amides is 1. The van der Waals surface area contributed by atoms with E-state index >= 15 is 0 Å². The summed E-state index contributed by atoms with van der Waals surface area (Å²) in [5, 5.41) is 40.3. The fourth-order valence-corrected chi connectivity index (χ4v) is 5.21. The van der Waals surface area contributed by atoms with Crippen LogP contribution >= 0.6 is 0 Å². The van der Waals surface area contributed by atoms with Crippen LogP contribution in [0, 0.1) is 23.2 Å². The summed E-state index contributed by atoms with van der Waals surface area (Å²) in [5.41, 5.74) is 5.58. The van der Waals surface area contributed by atoms with Gasteiger partial charge in [-0.15, -0.1) is 0 Å². The van der Waals surface area contributed by atoms with E-state index in [-0.39, 0.29) is 12.8 Å². The lowest BCUT2D eigenvalue weighted by Crippen LogP contribution is -2.61. The summed E-state index contributed by atoms with van der Waals surface area (Å²) in [6.07, 6.45) is -5.33. The summed E-state index contributed by atoms with van der Waals surface area (Å²) in [7, 11) is 0. The van der Waals surface area contributed by atoms with Crippen LogP contribution in [0.15, 0.2) is 0 Å². The van der Waals surface area contributed by atoms with Gasteiger partial charge in [-0.2, -0.15) is 0 Å². The zero-order valence-electron chi connectivity index (χ0n) is 30.5. The van der Waals surface area contributed by atoms with Crippen LogP contribution in [0.3, 0.4) is 0 Å². The maximum atomic E-state index is 13.8. The number of Topliss-reactive ketones (excluding diaryl/α,β-unsaturated/α-hetero) is 1. The van der Waals surface area contributed by atoms with Crippen molar-refractivity contribution in [1.82, 2.24) is 26.6 Å². The number of hydrogen-bond acceptors (Lipinski definition) is 12. The number of aliphatic hydroxyl groups excluding tert-OH is 2. The Labute approximate surface area is 297 Å². The summed E-state index contributed by atoms with van der Waals surface area (Å²) in [6, 6.07) is -7.54. The zero-order chi connectivity index (χ0) is 39.3. The van der Waals surface area contributed by atoms with E-state index in [2.05, 4.69) is 26.6 Å². The minimum atomic E-state index is -1.66. The van der Waals surface area contributed by atoms with Gasteiger partial charge >= 0.3 is 5.97 Å². The molecule has 1 aliphatic rings. The van der Waals surface area contributed by atoms with Crippen molar-refractivity contribution in [2.45, 2.75) is 136 Å². The van der Waals surface area contributed by atoms with Gasteiger partial charge in [-0.25, -0.2) is 4.79 Å². The van der Waals surface area contributed by atoms with Crippen molar-refractivity contribution < 1.29 is 53.3 Å². The molecule has 0 saturated carbocycles. The molecule has 0 aromatic carbocycles. The number of cyclic esters (lactones) is 1. The molecule has 288 valence electrons. The Morgan fingerprint density at radius 2 is 1.45 bits per heavy atom. The smallest absolute Gasteiger partial charge is 0.328 e. The number of nitrogens with two attached hydrogens (primary N) is 1. The summed E-state index contributed by atoms with van der Waals surface area (Å²) in [4.78, 5) is 105. The van der Waals surface area contributed by atoms with Crippen LogP contribution in [0.5, 0.6) is 0 Å². The van der Waals surface area contributed by atoms with Crippen molar-refractivity contribution in [2.24, 2.45) is 23.5 Å². The predicted octanol–water partition coefficient (Wildman–Crippen LogP) is -1.91. The lowest BCUT2D eigenvalue weighted by atomic mass is 9.86. The van der Waals surface area contributed by atoms with Crippen molar-refractivity contribution in [1.29, 1.82) is 5.41 Å². The summed E-state index contributed by atoms with van der Waals surface area (Å²) in [5.74, 6) is -9.36. The molecule has 0 radical (unpaired) electrons. The number of esters is 1. The average molecular weight is 726 g/mol. The van der Waals surface area contributed by atoms with Crippen LogP contribution in [-0.4, -0.2) is 112 Å². The molecule has 1 aliphatic heterocycles. The lowest BCUT2D eigenvalue weighted by molar-refractivity contribution is -0.155. The Bertz CT molecular complexity index is 1320. The Morgan fingerprint density at radius 1 is 0.882 bits per heavy atom. The Kier molecular flexibility index (Phi) is 17.8. The molecule has 51 heavy (non-hydrogen) atoms. The summed E-state index contributed by atoms with van der Waals surface area (Å²) in [6.45, 7) is 11.8. The number of ketones is 1. The molecule has 1 heterocycles. The molecule has 0 aliphatic carbocycles. The third-order valence-corrected chi connectivity index (χ3v) is 8.33. The molecular weight excluding hydrogens is 670 g/mol. The Hall–Kier alpha value is -4.45. The van der Waals surface area contributed by atoms with Crippen LogP contribution in [0.25, 0.3) is 0 Å². The second-order valence-electron chi connectivity index (χ2n) is 13.8. The molecule has 1 rings (SSSR count). The topological polar surface area (TPSA) is 296 Å². The van der Waals surface area contributed by atoms with E-state index in [4.69, 9.17) is 15.9 Å². The number of carbonyl (C=O) groups excluding carboxylic acids is 8. The van der Waals surface area contributed by atoms with E-state index in [0.717, 1.165) is 0 Å². The van der Waals surface area contributed by atoms with E-state index in [0.29, 0.717) is 5.71 Å². The fraction of sp³-hybridized carbons (Fsp3) is 0.727. The minimum Gasteiger partial charge on any atom is -0.458 e. The summed E-state index contributed by atoms with van der Waals surface area (Å²) >= 11 is 0. The second-order valence-corrected chi connectivity index (χ2v) is 13.8. The van der Waals surface area contributed by atoms with Crippen molar-refractivity contribution in [2.75, 3.05) is 0 Å². The highest BCUT2D eigenvalue weighted by atomic mass is 16.5. The van der Waals surface area contributed by atoms with Crippen LogP contribution in [0.1, 0.15) is 87.5 Å². The van der Waals surface area contributed by atoms with Gasteiger partial charge < -0.3 is 52.7 Å². The number of carbonyl (C=O) groups is 8. The normalized spacial score (nSPS) is 27.4. The number of ether oxygens (including phenoxy) is 1. The molecule has 0 aromatic rings. The average Bonchev–Trinajstić information content (AvgIpc) is 3.00. The van der Waals surface area contributed by atoms with Crippen molar-refractivity contribution in [3.63, 3.8) is 0 Å². The molecule has 0 aromatic heterocycles. The molecular formula is C33H55N7O11. The van der Waals surface area contributed by atoms with Crippen LogP contribution < -0.4 is 32.3 Å². The van der Waals surface area contributed by atoms with Gasteiger partial charge in [0.1, 0.15) is 36.3 Å². The highest BCUT2D eigenvalue weighted by Gasteiger charge is 2.39. The van der Waals surface area contributed by atoms with Gasteiger partial charge in [-0.3, -0.25) is 33.6 Å². The monoisotopic (exact) mass is 725 g/mol. The first-order chi connectivity index (χ1) is 23.5. The van der Waals surface area contributed by atoms with Crippen molar-refractivity contribution in [3.05, 3.63) is 0 Å². The van der Waals surface area contributed by atoms with Gasteiger partial charge in [-0.1, -0.05) is 27.7 Å². The molecule has 6 amide bonds. The van der Waals surface area contributed by atoms with Gasteiger partial charge in [0.2, 0.25) is 35.4 Å². The van der Waals surface area contributed by atoms with E-state index in [1.54, 1.807) is 34.6 Å². The number of hydrogen-bond donors (Lipinski definition) is 9. The maximum absolute atomic E-state index is 13.8. The van der Waals surface area contributed by atoms with Gasteiger partial charge in [0, 0.05) is 18.1 Å². The molecule has 0 bridgehead atoms. The zero-order valence-corrected chi connectivity index (χ0v) is 30.5. The highest BCUT2D eigenvalue weighted by Crippen LogP contribution is 2.20. The lowest BCUT2D eigenvalue weighted by Gasteiger charge is -2.30. The second kappa shape index (κ2) is 20.4. The van der Waals surface area contributed by atoms with Gasteiger partial charge in [0.05, 0.1) is 25.0 Å². The number of aliphatic hydroxyl groups is 2. The third kappa shape index (κ3) is 14.7. The summed E-state index contributed by atoms with van der Waals surface area (Å²) < 4.78 is 5.47. The van der Waals surface area contributed by atoms with Gasteiger partial charge in [-0.05, 0) is 52.4 Å². The molecule has 1 saturated heterocycles. The van der Waals surface area contributed by atoms with Crippen LogP contribution in [-0.2, 0) is 43.1 Å². The maximum Gasteiger partial charge on any atom is 0.328 e. The molecule has 18 nitrogen and oxygen atoms in total. The van der Waals surface area contributed by atoms with Crippen molar-refractivity contribution >= 4 is 52.9 Å². The van der Waals surface area contributed by atoms with Crippen LogP contribution in [0.2, 0.25) is 0 Å². The Morgan fingerprint density at radius 3 is 1.96 bits per heavy atom. The van der Waals surface area contributed by atoms with Crippen molar-refractivity contribution in [3.8, 4) is 0 Å². The van der Waals surface area contributed by atoms with Gasteiger partial charge in [0.25, 0.3) is 0 Å². The quantitative estimate of drug-likeness (QED) is 0.0836. The molecule has 0 spiro atoms. The minimum absolute atomic E-state index is 0.110. The van der Waals surface area contributed by atoms with Gasteiger partial charge in [0.15, 0.2) is 5.78 Å². The molecule has 18 heteroatoms. The third-order valence-electron chi connectivity index (χ3n) is 8.33. The van der Waals surface area contributed by atoms with E-state index in [1.807, 2.05) is 0 Å². The predicted molar refractivity (Wildman–Crippen MR) is 182 cm³/mol.